The molecule has 1 amide bonds. The van der Waals surface area contributed by atoms with E-state index in [1.165, 1.54) is 0 Å². The maximum Gasteiger partial charge on any atom is 0.274 e. The van der Waals surface area contributed by atoms with Crippen molar-refractivity contribution in [3.05, 3.63) is 76.6 Å². The minimum Gasteiger partial charge on any atom is -0.495 e. The predicted octanol–water partition coefficient (Wildman–Crippen LogP) is 4.92. The minimum atomic E-state index is -0.354. The molecule has 3 rings (SSSR count). The van der Waals surface area contributed by atoms with Crippen LogP contribution in [-0.2, 0) is 0 Å². The first-order chi connectivity index (χ1) is 13.5. The third-order valence-electron chi connectivity index (χ3n) is 4.02. The summed E-state index contributed by atoms with van der Waals surface area (Å²) in [6.45, 7) is 1.90. The molecule has 0 atom stereocenters. The van der Waals surface area contributed by atoms with Gasteiger partial charge in [0.05, 0.1) is 24.4 Å². The number of aryl methyl sites for hydroxylation is 1. The lowest BCUT2D eigenvalue weighted by molar-refractivity contribution is 0.102. The van der Waals surface area contributed by atoms with Gasteiger partial charge in [0.25, 0.3) is 5.91 Å². The third kappa shape index (κ3) is 4.40. The number of ether oxygens (including phenoxy) is 1. The predicted molar refractivity (Wildman–Crippen MR) is 109 cm³/mol. The van der Waals surface area contributed by atoms with Crippen molar-refractivity contribution >= 4 is 34.6 Å². The van der Waals surface area contributed by atoms with Crippen LogP contribution in [0.4, 0.5) is 17.1 Å². The van der Waals surface area contributed by atoms with E-state index in [-0.39, 0.29) is 11.6 Å². The van der Waals surface area contributed by atoms with E-state index in [9.17, 15) is 4.79 Å². The van der Waals surface area contributed by atoms with Gasteiger partial charge >= 0.3 is 0 Å². The van der Waals surface area contributed by atoms with E-state index in [0.29, 0.717) is 27.7 Å². The summed E-state index contributed by atoms with van der Waals surface area (Å²) in [5.74, 6) is 0.239. The topological polar surface area (TPSA) is 87.0 Å². The van der Waals surface area contributed by atoms with Crippen molar-refractivity contribution in [1.82, 2.24) is 4.98 Å². The lowest BCUT2D eigenvalue weighted by Crippen LogP contribution is -2.13. The molecule has 2 aromatic carbocycles. The molecule has 0 radical (unpaired) electrons. The Hall–Kier alpha value is -3.56. The first-order valence-electron chi connectivity index (χ1n) is 8.39. The van der Waals surface area contributed by atoms with Gasteiger partial charge in [0, 0.05) is 28.7 Å². The number of amides is 1. The number of carbonyl (C=O) groups is 1. The molecular weight excluding hydrogens is 376 g/mol. The zero-order valence-corrected chi connectivity index (χ0v) is 16.0. The Labute approximate surface area is 167 Å². The Morgan fingerprint density at radius 3 is 2.57 bits per heavy atom. The van der Waals surface area contributed by atoms with Crippen molar-refractivity contribution in [3.8, 4) is 11.8 Å². The summed E-state index contributed by atoms with van der Waals surface area (Å²) in [6, 6.07) is 15.6. The van der Waals surface area contributed by atoms with Crippen LogP contribution >= 0.6 is 11.6 Å². The Morgan fingerprint density at radius 1 is 1.14 bits per heavy atom. The van der Waals surface area contributed by atoms with Gasteiger partial charge in [-0.15, -0.1) is 0 Å². The number of nitrogens with one attached hydrogen (secondary N) is 2. The smallest absolute Gasteiger partial charge is 0.274 e. The summed E-state index contributed by atoms with van der Waals surface area (Å²) < 4.78 is 5.36. The molecule has 0 saturated carbocycles. The summed E-state index contributed by atoms with van der Waals surface area (Å²) in [5, 5.41) is 15.4. The zero-order chi connectivity index (χ0) is 20.1. The number of rotatable bonds is 5. The fourth-order valence-electron chi connectivity index (χ4n) is 2.54. The number of hydrogen-bond acceptors (Lipinski definition) is 5. The lowest BCUT2D eigenvalue weighted by Gasteiger charge is -2.13. The van der Waals surface area contributed by atoms with Crippen LogP contribution in [0.5, 0.6) is 5.75 Å². The molecule has 6 nitrogen and oxygen atoms in total. The first kappa shape index (κ1) is 19.2. The molecule has 0 aliphatic carbocycles. The van der Waals surface area contributed by atoms with Crippen LogP contribution in [0.15, 0.2) is 54.7 Å². The molecule has 140 valence electrons. The summed E-state index contributed by atoms with van der Waals surface area (Å²) in [6.07, 6.45) is 1.55. The standard InChI is InChI=1S/C21H17ClN4O2/c1-13-9-18(20(28-2)11-17(13)22)25-16-7-8-24-19(10-16)21(27)26-15-5-3-14(12-23)4-6-15/h3-11H,1-2H3,(H,24,25)(H,26,27). The number of hydrogen-bond donors (Lipinski definition) is 2. The van der Waals surface area contributed by atoms with Crippen LogP contribution in [0.3, 0.4) is 0 Å². The second-order valence-corrected chi connectivity index (χ2v) is 6.41. The highest BCUT2D eigenvalue weighted by molar-refractivity contribution is 6.31. The van der Waals surface area contributed by atoms with Crippen molar-refractivity contribution in [1.29, 1.82) is 5.26 Å². The SMILES string of the molecule is COc1cc(Cl)c(C)cc1Nc1ccnc(C(=O)Nc2ccc(C#N)cc2)c1. The summed E-state index contributed by atoms with van der Waals surface area (Å²) in [4.78, 5) is 16.6. The van der Waals surface area contributed by atoms with Gasteiger partial charge in [-0.1, -0.05) is 11.6 Å². The molecule has 1 heterocycles. The van der Waals surface area contributed by atoms with E-state index in [0.717, 1.165) is 11.3 Å². The number of nitriles is 1. The molecule has 28 heavy (non-hydrogen) atoms. The number of benzene rings is 2. The number of carbonyl (C=O) groups excluding carboxylic acids is 1. The number of pyridine rings is 1. The van der Waals surface area contributed by atoms with Gasteiger partial charge in [0.2, 0.25) is 0 Å². The van der Waals surface area contributed by atoms with Crippen molar-refractivity contribution in [2.75, 3.05) is 17.7 Å². The van der Waals surface area contributed by atoms with Crippen molar-refractivity contribution in [3.63, 3.8) is 0 Å². The number of methoxy groups -OCH3 is 1. The molecular formula is C21H17ClN4O2. The van der Waals surface area contributed by atoms with Crippen LogP contribution in [0.2, 0.25) is 5.02 Å². The Morgan fingerprint density at radius 2 is 1.89 bits per heavy atom. The number of anilines is 3. The van der Waals surface area contributed by atoms with Crippen LogP contribution in [0, 0.1) is 18.3 Å². The molecule has 3 aromatic rings. The van der Waals surface area contributed by atoms with E-state index < -0.39 is 0 Å². The van der Waals surface area contributed by atoms with Crippen LogP contribution in [0.25, 0.3) is 0 Å². The molecule has 0 saturated heterocycles. The number of nitrogens with zero attached hydrogens (tertiary/aromatic N) is 2. The molecule has 0 aliphatic rings. The highest BCUT2D eigenvalue weighted by Gasteiger charge is 2.11. The largest absolute Gasteiger partial charge is 0.495 e. The lowest BCUT2D eigenvalue weighted by atomic mass is 10.2. The normalized spacial score (nSPS) is 10.1. The Balaban J connectivity index is 1.79. The van der Waals surface area contributed by atoms with Gasteiger partial charge in [-0.25, -0.2) is 0 Å². The second kappa shape index (κ2) is 8.42. The molecule has 0 unspecified atom stereocenters. The summed E-state index contributed by atoms with van der Waals surface area (Å²) >= 11 is 6.14. The summed E-state index contributed by atoms with van der Waals surface area (Å²) in [7, 11) is 1.56. The molecule has 0 fully saturated rings. The average Bonchev–Trinajstić information content (AvgIpc) is 2.71. The van der Waals surface area contributed by atoms with Crippen LogP contribution < -0.4 is 15.4 Å². The quantitative estimate of drug-likeness (QED) is 0.643. The maximum atomic E-state index is 12.5. The Bertz CT molecular complexity index is 1060. The first-order valence-corrected chi connectivity index (χ1v) is 8.76. The molecule has 0 aliphatic heterocycles. The van der Waals surface area contributed by atoms with E-state index in [1.54, 1.807) is 55.8 Å². The molecule has 0 spiro atoms. The molecule has 0 bridgehead atoms. The summed E-state index contributed by atoms with van der Waals surface area (Å²) in [5.41, 5.74) is 3.67. The average molecular weight is 393 g/mol. The molecule has 2 N–H and O–H groups in total. The number of aromatic nitrogens is 1. The van der Waals surface area contributed by atoms with Gasteiger partial charge in [-0.05, 0) is 55.0 Å². The van der Waals surface area contributed by atoms with E-state index in [1.807, 2.05) is 19.1 Å². The van der Waals surface area contributed by atoms with Gasteiger partial charge in [-0.3, -0.25) is 9.78 Å². The van der Waals surface area contributed by atoms with E-state index in [2.05, 4.69) is 15.6 Å². The molecule has 1 aromatic heterocycles. The van der Waals surface area contributed by atoms with Crippen LogP contribution in [-0.4, -0.2) is 18.0 Å². The van der Waals surface area contributed by atoms with Gasteiger partial charge in [0.1, 0.15) is 11.4 Å². The number of halogens is 1. The maximum absolute atomic E-state index is 12.5. The van der Waals surface area contributed by atoms with Gasteiger partial charge < -0.3 is 15.4 Å². The monoisotopic (exact) mass is 392 g/mol. The van der Waals surface area contributed by atoms with Gasteiger partial charge in [-0.2, -0.15) is 5.26 Å². The van der Waals surface area contributed by atoms with E-state index in [4.69, 9.17) is 21.6 Å². The van der Waals surface area contributed by atoms with Crippen molar-refractivity contribution in [2.45, 2.75) is 6.92 Å². The fourth-order valence-corrected chi connectivity index (χ4v) is 2.69. The highest BCUT2D eigenvalue weighted by atomic mass is 35.5. The van der Waals surface area contributed by atoms with Crippen LogP contribution in [0.1, 0.15) is 21.6 Å². The third-order valence-corrected chi connectivity index (χ3v) is 4.43. The van der Waals surface area contributed by atoms with Crippen molar-refractivity contribution in [2.24, 2.45) is 0 Å². The van der Waals surface area contributed by atoms with Crippen molar-refractivity contribution < 1.29 is 9.53 Å². The highest BCUT2D eigenvalue weighted by Crippen LogP contribution is 2.33. The zero-order valence-electron chi connectivity index (χ0n) is 15.3. The minimum absolute atomic E-state index is 0.249. The van der Waals surface area contributed by atoms with Gasteiger partial charge in [0.15, 0.2) is 0 Å². The Kier molecular flexibility index (Phi) is 5.78. The van der Waals surface area contributed by atoms with E-state index >= 15 is 0 Å². The second-order valence-electron chi connectivity index (χ2n) is 6.00. The molecule has 7 heteroatoms. The fraction of sp³-hybridized carbons (Fsp3) is 0.0952.